The Hall–Kier alpha value is -2.12. The molecule has 5 nitrogen and oxygen atoms in total. The summed E-state index contributed by atoms with van der Waals surface area (Å²) in [6, 6.07) is 5.61. The number of aromatic nitrogens is 3. The summed E-state index contributed by atoms with van der Waals surface area (Å²) in [5, 5.41) is 3.91. The van der Waals surface area contributed by atoms with Gasteiger partial charge in [0.2, 0.25) is 0 Å². The van der Waals surface area contributed by atoms with E-state index in [1.54, 1.807) is 12.4 Å². The molecule has 1 N–H and O–H groups in total. The van der Waals surface area contributed by atoms with Gasteiger partial charge >= 0.3 is 0 Å². The van der Waals surface area contributed by atoms with E-state index >= 15 is 0 Å². The maximum Gasteiger partial charge on any atom is 0.191 e. The van der Waals surface area contributed by atoms with E-state index in [2.05, 4.69) is 32.9 Å². The standard InChI is InChI=1S/C15H14N4OS2/c1-3-9(2)20-12-7-10(21)8-17-13(12)19-15-18-11-5-4-6-16-14(11)22-15/h3-8,21H,1-2H3,(H,17,18,19)/b9-3+. The van der Waals surface area contributed by atoms with Crippen LogP contribution in [0.1, 0.15) is 13.8 Å². The molecule has 0 saturated carbocycles. The zero-order valence-electron chi connectivity index (χ0n) is 12.1. The highest BCUT2D eigenvalue weighted by Crippen LogP contribution is 2.32. The Bertz CT molecular complexity index is 811. The summed E-state index contributed by atoms with van der Waals surface area (Å²) in [7, 11) is 0. The van der Waals surface area contributed by atoms with Gasteiger partial charge in [-0.15, -0.1) is 12.6 Å². The minimum atomic E-state index is 0.595. The lowest BCUT2D eigenvalue weighted by Crippen LogP contribution is -1.99. The summed E-state index contributed by atoms with van der Waals surface area (Å²) in [6.07, 6.45) is 5.30. The molecule has 7 heteroatoms. The van der Waals surface area contributed by atoms with E-state index in [1.807, 2.05) is 38.1 Å². The molecule has 0 amide bonds. The Morgan fingerprint density at radius 3 is 3.05 bits per heavy atom. The van der Waals surface area contributed by atoms with Crippen LogP contribution in [-0.4, -0.2) is 15.0 Å². The summed E-state index contributed by atoms with van der Waals surface area (Å²) in [4.78, 5) is 14.7. The molecule has 0 radical (unpaired) electrons. The molecular formula is C15H14N4OS2. The van der Waals surface area contributed by atoms with Crippen LogP contribution in [0.25, 0.3) is 10.3 Å². The third kappa shape index (κ3) is 3.20. The molecule has 0 saturated heterocycles. The van der Waals surface area contributed by atoms with Gasteiger partial charge in [0.1, 0.15) is 10.3 Å². The molecule has 3 heterocycles. The Morgan fingerprint density at radius 1 is 1.41 bits per heavy atom. The summed E-state index contributed by atoms with van der Waals surface area (Å²) < 4.78 is 5.77. The lowest BCUT2D eigenvalue weighted by molar-refractivity contribution is 0.426. The second-order valence-corrected chi connectivity index (χ2v) is 6.01. The third-order valence-electron chi connectivity index (χ3n) is 2.91. The van der Waals surface area contributed by atoms with E-state index < -0.39 is 0 Å². The fourth-order valence-electron chi connectivity index (χ4n) is 1.76. The van der Waals surface area contributed by atoms with Crippen molar-refractivity contribution in [1.29, 1.82) is 0 Å². The number of nitrogens with one attached hydrogen (secondary N) is 1. The third-order valence-corrected chi connectivity index (χ3v) is 4.05. The van der Waals surface area contributed by atoms with Gasteiger partial charge in [-0.2, -0.15) is 0 Å². The molecule has 0 aliphatic heterocycles. The van der Waals surface area contributed by atoms with E-state index in [0.717, 1.165) is 26.1 Å². The first-order chi connectivity index (χ1) is 10.7. The first kappa shape index (κ1) is 14.8. The number of anilines is 2. The molecule has 3 aromatic heterocycles. The van der Waals surface area contributed by atoms with Crippen LogP contribution in [0.3, 0.4) is 0 Å². The van der Waals surface area contributed by atoms with Crippen LogP contribution in [0.15, 0.2) is 47.3 Å². The van der Waals surface area contributed by atoms with Crippen molar-refractivity contribution in [3.05, 3.63) is 42.4 Å². The molecule has 0 aromatic carbocycles. The summed E-state index contributed by atoms with van der Waals surface area (Å²) in [6.45, 7) is 3.80. The molecule has 0 aliphatic carbocycles. The minimum absolute atomic E-state index is 0.595. The Balaban J connectivity index is 1.93. The van der Waals surface area contributed by atoms with Gasteiger partial charge in [0, 0.05) is 17.3 Å². The van der Waals surface area contributed by atoms with E-state index in [4.69, 9.17) is 4.74 Å². The van der Waals surface area contributed by atoms with Crippen LogP contribution in [0.5, 0.6) is 5.75 Å². The minimum Gasteiger partial charge on any atom is -0.458 e. The fourth-order valence-corrected chi connectivity index (χ4v) is 2.74. The number of nitrogens with zero attached hydrogens (tertiary/aromatic N) is 3. The van der Waals surface area contributed by atoms with Gasteiger partial charge in [0.15, 0.2) is 16.7 Å². The predicted octanol–water partition coefficient (Wildman–Crippen LogP) is 4.42. The van der Waals surface area contributed by atoms with Crippen molar-refractivity contribution in [2.24, 2.45) is 0 Å². The van der Waals surface area contributed by atoms with Crippen molar-refractivity contribution >= 4 is 45.3 Å². The summed E-state index contributed by atoms with van der Waals surface area (Å²) >= 11 is 5.77. The molecule has 0 bridgehead atoms. The predicted molar refractivity (Wildman–Crippen MR) is 92.2 cm³/mol. The Morgan fingerprint density at radius 2 is 2.27 bits per heavy atom. The number of ether oxygens (including phenoxy) is 1. The highest BCUT2D eigenvalue weighted by atomic mass is 32.1. The molecular weight excluding hydrogens is 316 g/mol. The van der Waals surface area contributed by atoms with Crippen LogP contribution in [0, 0.1) is 0 Å². The quantitative estimate of drug-likeness (QED) is 0.548. The highest BCUT2D eigenvalue weighted by molar-refractivity contribution is 7.80. The van der Waals surface area contributed by atoms with Crippen molar-refractivity contribution in [2.45, 2.75) is 18.7 Å². The zero-order valence-corrected chi connectivity index (χ0v) is 13.8. The van der Waals surface area contributed by atoms with Crippen LogP contribution < -0.4 is 10.1 Å². The van der Waals surface area contributed by atoms with Crippen molar-refractivity contribution < 1.29 is 4.74 Å². The molecule has 0 spiro atoms. The molecule has 0 fully saturated rings. The normalized spacial score (nSPS) is 11.7. The number of pyridine rings is 2. The maximum atomic E-state index is 5.77. The topological polar surface area (TPSA) is 59.9 Å². The zero-order chi connectivity index (χ0) is 15.5. The summed E-state index contributed by atoms with van der Waals surface area (Å²) in [5.41, 5.74) is 0.855. The van der Waals surface area contributed by atoms with Gasteiger partial charge < -0.3 is 10.1 Å². The van der Waals surface area contributed by atoms with E-state index in [9.17, 15) is 0 Å². The molecule has 3 rings (SSSR count). The molecule has 112 valence electrons. The van der Waals surface area contributed by atoms with Crippen molar-refractivity contribution in [2.75, 3.05) is 5.32 Å². The van der Waals surface area contributed by atoms with Gasteiger partial charge in [-0.3, -0.25) is 0 Å². The second-order valence-electron chi connectivity index (χ2n) is 4.51. The van der Waals surface area contributed by atoms with Gasteiger partial charge in [-0.25, -0.2) is 15.0 Å². The number of hydrogen-bond donors (Lipinski definition) is 2. The number of hydrogen-bond acceptors (Lipinski definition) is 7. The molecule has 0 unspecified atom stereocenters. The number of rotatable bonds is 4. The van der Waals surface area contributed by atoms with E-state index in [-0.39, 0.29) is 0 Å². The Labute approximate surface area is 137 Å². The molecule has 3 aromatic rings. The second kappa shape index (κ2) is 6.33. The van der Waals surface area contributed by atoms with Crippen LogP contribution in [0.2, 0.25) is 0 Å². The van der Waals surface area contributed by atoms with Crippen LogP contribution in [-0.2, 0) is 0 Å². The summed E-state index contributed by atoms with van der Waals surface area (Å²) in [5.74, 6) is 1.99. The highest BCUT2D eigenvalue weighted by Gasteiger charge is 2.11. The largest absolute Gasteiger partial charge is 0.458 e. The average molecular weight is 330 g/mol. The molecule has 0 aliphatic rings. The number of thiol groups is 1. The molecule has 22 heavy (non-hydrogen) atoms. The van der Waals surface area contributed by atoms with Crippen molar-refractivity contribution in [1.82, 2.24) is 15.0 Å². The van der Waals surface area contributed by atoms with Gasteiger partial charge in [-0.1, -0.05) is 11.3 Å². The fraction of sp³-hybridized carbons (Fsp3) is 0.133. The lowest BCUT2D eigenvalue weighted by atomic mass is 10.4. The first-order valence-electron chi connectivity index (χ1n) is 6.64. The lowest BCUT2D eigenvalue weighted by Gasteiger charge is -2.11. The van der Waals surface area contributed by atoms with Crippen LogP contribution >= 0.6 is 24.0 Å². The number of allylic oxidation sites excluding steroid dienone is 2. The maximum absolute atomic E-state index is 5.77. The van der Waals surface area contributed by atoms with E-state index in [0.29, 0.717) is 11.6 Å². The van der Waals surface area contributed by atoms with Gasteiger partial charge in [0.25, 0.3) is 0 Å². The Kier molecular flexibility index (Phi) is 4.26. The van der Waals surface area contributed by atoms with Gasteiger partial charge in [0.05, 0.1) is 5.76 Å². The van der Waals surface area contributed by atoms with Gasteiger partial charge in [-0.05, 0) is 38.1 Å². The average Bonchev–Trinajstić information content (AvgIpc) is 2.92. The first-order valence-corrected chi connectivity index (χ1v) is 7.90. The van der Waals surface area contributed by atoms with Crippen molar-refractivity contribution in [3.63, 3.8) is 0 Å². The smallest absolute Gasteiger partial charge is 0.191 e. The SMILES string of the molecule is C/C=C(\C)Oc1cc(S)cnc1Nc1nc2cccnc2s1. The van der Waals surface area contributed by atoms with Crippen LogP contribution in [0.4, 0.5) is 10.9 Å². The molecule has 0 atom stereocenters. The van der Waals surface area contributed by atoms with E-state index in [1.165, 1.54) is 11.3 Å². The number of thiazole rings is 1. The monoisotopic (exact) mass is 330 g/mol. The number of fused-ring (bicyclic) bond motifs is 1. The van der Waals surface area contributed by atoms with Crippen molar-refractivity contribution in [3.8, 4) is 5.75 Å².